The van der Waals surface area contributed by atoms with Crippen molar-refractivity contribution in [2.75, 3.05) is 6.54 Å². The van der Waals surface area contributed by atoms with Crippen LogP contribution in [0.1, 0.15) is 51.0 Å². The lowest BCUT2D eigenvalue weighted by Gasteiger charge is -2.36. The highest BCUT2D eigenvalue weighted by atomic mass is 32.1. The lowest BCUT2D eigenvalue weighted by Crippen LogP contribution is -2.32. The van der Waals surface area contributed by atoms with Crippen molar-refractivity contribution in [2.45, 2.75) is 46.1 Å². The minimum Gasteiger partial charge on any atom is -0.309 e. The second-order valence-electron chi connectivity index (χ2n) is 5.58. The number of nitrogens with one attached hydrogen (secondary N) is 1. The fourth-order valence-electron chi connectivity index (χ4n) is 3.08. The molecule has 1 aliphatic carbocycles. The van der Waals surface area contributed by atoms with E-state index in [-0.39, 0.29) is 0 Å². The molecule has 0 saturated heterocycles. The standard InChI is InChI=1S/C15H25NS/c1-4-16-15(14-6-5-9-17-14)13-8-7-11(2)12(3)10-13/h5-6,9,11-13,15-16H,4,7-8,10H2,1-3H3. The number of rotatable bonds is 4. The smallest absolute Gasteiger partial charge is 0.0443 e. The molecule has 1 nitrogen and oxygen atoms in total. The highest BCUT2D eigenvalue weighted by Crippen LogP contribution is 2.40. The van der Waals surface area contributed by atoms with E-state index in [9.17, 15) is 0 Å². The van der Waals surface area contributed by atoms with Gasteiger partial charge in [-0.15, -0.1) is 11.3 Å². The molecule has 0 bridgehead atoms. The van der Waals surface area contributed by atoms with Crippen LogP contribution in [0, 0.1) is 17.8 Å². The van der Waals surface area contributed by atoms with Crippen molar-refractivity contribution < 1.29 is 0 Å². The molecule has 1 heterocycles. The summed E-state index contributed by atoms with van der Waals surface area (Å²) in [5.41, 5.74) is 0. The molecular weight excluding hydrogens is 226 g/mol. The van der Waals surface area contributed by atoms with Gasteiger partial charge in [0, 0.05) is 10.9 Å². The molecule has 2 heteroatoms. The van der Waals surface area contributed by atoms with E-state index in [2.05, 4.69) is 43.6 Å². The molecule has 1 saturated carbocycles. The molecule has 0 spiro atoms. The molecule has 1 aliphatic rings. The van der Waals surface area contributed by atoms with Gasteiger partial charge in [0.1, 0.15) is 0 Å². The molecule has 96 valence electrons. The lowest BCUT2D eigenvalue weighted by atomic mass is 9.73. The first kappa shape index (κ1) is 13.1. The first-order chi connectivity index (χ1) is 8.22. The van der Waals surface area contributed by atoms with Gasteiger partial charge in [-0.3, -0.25) is 0 Å². The van der Waals surface area contributed by atoms with E-state index in [1.54, 1.807) is 0 Å². The molecule has 1 aromatic heterocycles. The molecule has 1 N–H and O–H groups in total. The van der Waals surface area contributed by atoms with Crippen molar-refractivity contribution >= 4 is 11.3 Å². The van der Waals surface area contributed by atoms with E-state index < -0.39 is 0 Å². The van der Waals surface area contributed by atoms with Crippen LogP contribution in [-0.2, 0) is 0 Å². The van der Waals surface area contributed by atoms with Crippen molar-refractivity contribution in [2.24, 2.45) is 17.8 Å². The molecule has 0 aliphatic heterocycles. The normalized spacial score (nSPS) is 31.4. The first-order valence-electron chi connectivity index (χ1n) is 6.99. The number of hydrogen-bond donors (Lipinski definition) is 1. The maximum absolute atomic E-state index is 3.70. The number of hydrogen-bond acceptors (Lipinski definition) is 2. The Morgan fingerprint density at radius 1 is 1.35 bits per heavy atom. The summed E-state index contributed by atoms with van der Waals surface area (Å²) in [6.45, 7) is 8.13. The van der Waals surface area contributed by atoms with Crippen LogP contribution in [0.4, 0.5) is 0 Å². The van der Waals surface area contributed by atoms with Gasteiger partial charge in [-0.1, -0.05) is 33.3 Å². The summed E-state index contributed by atoms with van der Waals surface area (Å²) in [4.78, 5) is 1.53. The Balaban J connectivity index is 2.06. The monoisotopic (exact) mass is 251 g/mol. The summed E-state index contributed by atoms with van der Waals surface area (Å²) in [7, 11) is 0. The molecule has 0 amide bonds. The van der Waals surface area contributed by atoms with Gasteiger partial charge < -0.3 is 5.32 Å². The van der Waals surface area contributed by atoms with E-state index in [4.69, 9.17) is 0 Å². The zero-order valence-electron chi connectivity index (χ0n) is 11.3. The maximum atomic E-state index is 3.70. The molecule has 0 aromatic carbocycles. The quantitative estimate of drug-likeness (QED) is 0.832. The average molecular weight is 251 g/mol. The van der Waals surface area contributed by atoms with Crippen molar-refractivity contribution in [1.82, 2.24) is 5.32 Å². The lowest BCUT2D eigenvalue weighted by molar-refractivity contribution is 0.173. The Labute approximate surface area is 110 Å². The van der Waals surface area contributed by atoms with Gasteiger partial charge in [0.25, 0.3) is 0 Å². The Hall–Kier alpha value is -0.340. The molecule has 1 fully saturated rings. The van der Waals surface area contributed by atoms with Crippen LogP contribution in [0.2, 0.25) is 0 Å². The number of thiophene rings is 1. The van der Waals surface area contributed by atoms with Gasteiger partial charge >= 0.3 is 0 Å². The van der Waals surface area contributed by atoms with Crippen LogP contribution in [0.25, 0.3) is 0 Å². The summed E-state index contributed by atoms with van der Waals surface area (Å²) in [6.07, 6.45) is 4.18. The van der Waals surface area contributed by atoms with Crippen molar-refractivity contribution in [3.63, 3.8) is 0 Å². The highest BCUT2D eigenvalue weighted by molar-refractivity contribution is 7.10. The Morgan fingerprint density at radius 2 is 2.18 bits per heavy atom. The molecule has 1 aromatic rings. The predicted octanol–water partition coefficient (Wildman–Crippen LogP) is 4.47. The maximum Gasteiger partial charge on any atom is 0.0443 e. The average Bonchev–Trinajstić information content (AvgIpc) is 2.83. The SMILES string of the molecule is CCNC(c1cccs1)C1CCC(C)C(C)C1. The Morgan fingerprint density at radius 3 is 2.76 bits per heavy atom. The van der Waals surface area contributed by atoms with Gasteiger partial charge in [0.15, 0.2) is 0 Å². The van der Waals surface area contributed by atoms with Crippen LogP contribution in [-0.4, -0.2) is 6.54 Å². The van der Waals surface area contributed by atoms with Crippen LogP contribution >= 0.6 is 11.3 Å². The molecular formula is C15H25NS. The minimum atomic E-state index is 0.593. The molecule has 4 unspecified atom stereocenters. The summed E-state index contributed by atoms with van der Waals surface area (Å²) in [5, 5.41) is 5.90. The third-order valence-electron chi connectivity index (χ3n) is 4.38. The fourth-order valence-corrected chi connectivity index (χ4v) is 3.97. The van der Waals surface area contributed by atoms with E-state index in [0.717, 1.165) is 24.3 Å². The second kappa shape index (κ2) is 6.01. The predicted molar refractivity (Wildman–Crippen MR) is 76.4 cm³/mol. The van der Waals surface area contributed by atoms with E-state index in [1.807, 2.05) is 11.3 Å². The summed E-state index contributed by atoms with van der Waals surface area (Å²) < 4.78 is 0. The van der Waals surface area contributed by atoms with E-state index in [1.165, 1.54) is 24.1 Å². The summed E-state index contributed by atoms with van der Waals surface area (Å²) in [5.74, 6) is 2.63. The second-order valence-corrected chi connectivity index (χ2v) is 6.56. The van der Waals surface area contributed by atoms with Crippen LogP contribution in [0.15, 0.2) is 17.5 Å². The third-order valence-corrected chi connectivity index (χ3v) is 5.34. The van der Waals surface area contributed by atoms with Crippen molar-refractivity contribution in [3.05, 3.63) is 22.4 Å². The van der Waals surface area contributed by atoms with Crippen molar-refractivity contribution in [1.29, 1.82) is 0 Å². The van der Waals surface area contributed by atoms with Gasteiger partial charge in [-0.2, -0.15) is 0 Å². The Kier molecular flexibility index (Phi) is 4.63. The summed E-state index contributed by atoms with van der Waals surface area (Å²) in [6, 6.07) is 5.06. The van der Waals surface area contributed by atoms with Gasteiger partial charge in [-0.05, 0) is 48.6 Å². The zero-order valence-corrected chi connectivity index (χ0v) is 12.1. The highest BCUT2D eigenvalue weighted by Gasteiger charge is 2.30. The largest absolute Gasteiger partial charge is 0.309 e. The molecule has 2 rings (SSSR count). The molecule has 17 heavy (non-hydrogen) atoms. The molecule has 0 radical (unpaired) electrons. The van der Waals surface area contributed by atoms with Crippen molar-refractivity contribution in [3.8, 4) is 0 Å². The zero-order chi connectivity index (χ0) is 12.3. The van der Waals surface area contributed by atoms with E-state index in [0.29, 0.717) is 6.04 Å². The fraction of sp³-hybridized carbons (Fsp3) is 0.733. The van der Waals surface area contributed by atoms with Crippen LogP contribution in [0.5, 0.6) is 0 Å². The van der Waals surface area contributed by atoms with Gasteiger partial charge in [0.2, 0.25) is 0 Å². The van der Waals surface area contributed by atoms with Crippen LogP contribution in [0.3, 0.4) is 0 Å². The van der Waals surface area contributed by atoms with Crippen LogP contribution < -0.4 is 5.32 Å². The van der Waals surface area contributed by atoms with Gasteiger partial charge in [-0.25, -0.2) is 0 Å². The Bertz CT molecular complexity index is 320. The first-order valence-corrected chi connectivity index (χ1v) is 7.87. The third kappa shape index (κ3) is 3.11. The summed E-state index contributed by atoms with van der Waals surface area (Å²) >= 11 is 1.90. The topological polar surface area (TPSA) is 12.0 Å². The van der Waals surface area contributed by atoms with Gasteiger partial charge in [0.05, 0.1) is 0 Å². The minimum absolute atomic E-state index is 0.593. The molecule has 4 atom stereocenters. The van der Waals surface area contributed by atoms with E-state index >= 15 is 0 Å².